The molecule has 2 nitrogen and oxygen atoms in total. The second-order valence-corrected chi connectivity index (χ2v) is 7.06. The predicted octanol–water partition coefficient (Wildman–Crippen LogP) is 4.22. The van der Waals surface area contributed by atoms with Crippen LogP contribution in [0.25, 0.3) is 0 Å². The molecule has 2 aliphatic rings. The van der Waals surface area contributed by atoms with Crippen molar-refractivity contribution >= 4 is 15.9 Å². The Morgan fingerprint density at radius 2 is 1.83 bits per heavy atom. The summed E-state index contributed by atoms with van der Waals surface area (Å²) in [6, 6.07) is 0. The van der Waals surface area contributed by atoms with E-state index in [1.54, 1.807) is 0 Å². The van der Waals surface area contributed by atoms with E-state index in [0.717, 1.165) is 31.0 Å². The fraction of sp³-hybridized carbons (Fsp3) is 0.867. The average Bonchev–Trinajstić information content (AvgIpc) is 3.11. The SMILES string of the molecule is C/C(=C\CBr)CC[C@H]1O[C@]1(C)CC[C@H]1OC1(C)C. The molecule has 2 fully saturated rings. The highest BCUT2D eigenvalue weighted by atomic mass is 79.9. The van der Waals surface area contributed by atoms with Gasteiger partial charge in [-0.1, -0.05) is 27.6 Å². The first-order valence-electron chi connectivity index (χ1n) is 6.94. The fourth-order valence-electron chi connectivity index (χ4n) is 2.62. The maximum Gasteiger partial charge on any atom is 0.0921 e. The lowest BCUT2D eigenvalue weighted by Crippen LogP contribution is -2.13. The van der Waals surface area contributed by atoms with Gasteiger partial charge in [-0.2, -0.15) is 0 Å². The predicted molar refractivity (Wildman–Crippen MR) is 78.2 cm³/mol. The molecule has 2 rings (SSSR count). The van der Waals surface area contributed by atoms with Crippen LogP contribution in [0.2, 0.25) is 0 Å². The Hall–Kier alpha value is 0.140. The highest BCUT2D eigenvalue weighted by Crippen LogP contribution is 2.47. The number of hydrogen-bond donors (Lipinski definition) is 0. The third kappa shape index (κ3) is 3.58. The summed E-state index contributed by atoms with van der Waals surface area (Å²) in [5, 5.41) is 0.954. The van der Waals surface area contributed by atoms with E-state index < -0.39 is 0 Å². The smallest absolute Gasteiger partial charge is 0.0921 e. The largest absolute Gasteiger partial charge is 0.367 e. The van der Waals surface area contributed by atoms with Gasteiger partial charge in [0.1, 0.15) is 0 Å². The molecule has 0 N–H and O–H groups in total. The summed E-state index contributed by atoms with van der Waals surface area (Å²) in [6.07, 6.45) is 7.72. The summed E-state index contributed by atoms with van der Waals surface area (Å²) in [6.45, 7) is 8.78. The van der Waals surface area contributed by atoms with Gasteiger partial charge in [-0.05, 0) is 53.4 Å². The molecular formula is C15H25BrO2. The fourth-order valence-corrected chi connectivity index (χ4v) is 3.18. The summed E-state index contributed by atoms with van der Waals surface area (Å²) >= 11 is 3.43. The first kappa shape index (κ1) is 14.5. The van der Waals surface area contributed by atoms with E-state index in [-0.39, 0.29) is 11.2 Å². The molecule has 2 aliphatic heterocycles. The molecule has 0 unspecified atom stereocenters. The number of alkyl halides is 1. The van der Waals surface area contributed by atoms with Crippen LogP contribution in [0.1, 0.15) is 53.4 Å². The van der Waals surface area contributed by atoms with Gasteiger partial charge in [-0.3, -0.25) is 0 Å². The molecule has 0 aliphatic carbocycles. The van der Waals surface area contributed by atoms with Crippen LogP contribution in [0.15, 0.2) is 11.6 Å². The molecular weight excluding hydrogens is 292 g/mol. The summed E-state index contributed by atoms with van der Waals surface area (Å²) in [4.78, 5) is 0. The summed E-state index contributed by atoms with van der Waals surface area (Å²) in [5.74, 6) is 0. The number of halogens is 1. The first-order chi connectivity index (χ1) is 8.37. The van der Waals surface area contributed by atoms with E-state index in [1.807, 2.05) is 0 Å². The van der Waals surface area contributed by atoms with Gasteiger partial charge in [0.2, 0.25) is 0 Å². The van der Waals surface area contributed by atoms with E-state index in [9.17, 15) is 0 Å². The number of rotatable bonds is 7. The topological polar surface area (TPSA) is 25.1 Å². The van der Waals surface area contributed by atoms with Gasteiger partial charge in [0.25, 0.3) is 0 Å². The van der Waals surface area contributed by atoms with E-state index in [1.165, 1.54) is 5.57 Å². The lowest BCUT2D eigenvalue weighted by Gasteiger charge is -2.05. The molecule has 2 saturated heterocycles. The minimum absolute atomic E-state index is 0.121. The molecule has 0 aromatic heterocycles. The van der Waals surface area contributed by atoms with Crippen molar-refractivity contribution < 1.29 is 9.47 Å². The standard InChI is InChI=1S/C15H25BrO2/c1-11(8-10-16)5-6-13-15(4,18-13)9-7-12-14(2,3)17-12/h8,12-13H,5-7,9-10H2,1-4H3/b11-8+/t12-,13-,15-/m1/s1. The van der Waals surface area contributed by atoms with Gasteiger partial charge in [-0.15, -0.1) is 0 Å². The highest BCUT2D eigenvalue weighted by Gasteiger charge is 2.54. The average molecular weight is 317 g/mol. The van der Waals surface area contributed by atoms with Crippen molar-refractivity contribution in [3.63, 3.8) is 0 Å². The highest BCUT2D eigenvalue weighted by molar-refractivity contribution is 9.09. The number of ether oxygens (including phenoxy) is 2. The van der Waals surface area contributed by atoms with Crippen molar-refractivity contribution in [3.8, 4) is 0 Å². The van der Waals surface area contributed by atoms with Crippen molar-refractivity contribution in [1.29, 1.82) is 0 Å². The Bertz CT molecular complexity index is 337. The van der Waals surface area contributed by atoms with Gasteiger partial charge < -0.3 is 9.47 Å². The molecule has 0 bridgehead atoms. The minimum Gasteiger partial charge on any atom is -0.367 e. The summed E-state index contributed by atoms with van der Waals surface area (Å²) < 4.78 is 11.5. The quantitative estimate of drug-likeness (QED) is 0.399. The molecule has 0 saturated carbocycles. The maximum absolute atomic E-state index is 5.88. The molecule has 0 aromatic rings. The Balaban J connectivity index is 1.64. The van der Waals surface area contributed by atoms with E-state index in [4.69, 9.17) is 9.47 Å². The van der Waals surface area contributed by atoms with Gasteiger partial charge >= 0.3 is 0 Å². The zero-order valence-corrected chi connectivity index (χ0v) is 13.5. The van der Waals surface area contributed by atoms with Gasteiger partial charge in [0.15, 0.2) is 0 Å². The molecule has 0 spiro atoms. The van der Waals surface area contributed by atoms with Crippen LogP contribution < -0.4 is 0 Å². The molecule has 18 heavy (non-hydrogen) atoms. The van der Waals surface area contributed by atoms with E-state index >= 15 is 0 Å². The normalized spacial score (nSPS) is 37.7. The van der Waals surface area contributed by atoms with Crippen molar-refractivity contribution in [2.75, 3.05) is 5.33 Å². The summed E-state index contributed by atoms with van der Waals surface area (Å²) in [5.41, 5.74) is 1.70. The van der Waals surface area contributed by atoms with Crippen molar-refractivity contribution in [2.24, 2.45) is 0 Å². The zero-order chi connectivity index (χ0) is 13.4. The van der Waals surface area contributed by atoms with Crippen LogP contribution in [0.5, 0.6) is 0 Å². The first-order valence-corrected chi connectivity index (χ1v) is 8.07. The lowest BCUT2D eigenvalue weighted by atomic mass is 9.94. The van der Waals surface area contributed by atoms with Crippen LogP contribution in [-0.2, 0) is 9.47 Å². The van der Waals surface area contributed by atoms with Crippen LogP contribution in [0, 0.1) is 0 Å². The van der Waals surface area contributed by atoms with Crippen LogP contribution in [-0.4, -0.2) is 28.7 Å². The Kier molecular flexibility index (Phi) is 4.25. The Morgan fingerprint density at radius 3 is 2.39 bits per heavy atom. The molecule has 2 heterocycles. The Labute approximate surface area is 119 Å². The minimum atomic E-state index is 0.121. The second-order valence-electron chi connectivity index (χ2n) is 6.41. The van der Waals surface area contributed by atoms with Crippen molar-refractivity contribution in [1.82, 2.24) is 0 Å². The maximum atomic E-state index is 5.88. The van der Waals surface area contributed by atoms with Crippen LogP contribution >= 0.6 is 15.9 Å². The monoisotopic (exact) mass is 316 g/mol. The van der Waals surface area contributed by atoms with Crippen LogP contribution in [0.3, 0.4) is 0 Å². The molecule has 0 aromatic carbocycles. The van der Waals surface area contributed by atoms with Crippen molar-refractivity contribution in [2.45, 2.75) is 76.8 Å². The van der Waals surface area contributed by atoms with Crippen molar-refractivity contribution in [3.05, 3.63) is 11.6 Å². The molecule has 3 heteroatoms. The second kappa shape index (κ2) is 5.26. The third-order valence-electron chi connectivity index (χ3n) is 4.33. The number of epoxide rings is 2. The van der Waals surface area contributed by atoms with Gasteiger partial charge in [0.05, 0.1) is 23.4 Å². The zero-order valence-electron chi connectivity index (χ0n) is 12.0. The number of hydrogen-bond acceptors (Lipinski definition) is 2. The van der Waals surface area contributed by atoms with Crippen LogP contribution in [0.4, 0.5) is 0 Å². The van der Waals surface area contributed by atoms with E-state index in [2.05, 4.69) is 49.7 Å². The molecule has 3 atom stereocenters. The molecule has 0 radical (unpaired) electrons. The summed E-state index contributed by atoms with van der Waals surface area (Å²) in [7, 11) is 0. The Morgan fingerprint density at radius 1 is 1.17 bits per heavy atom. The lowest BCUT2D eigenvalue weighted by molar-refractivity contribution is 0.274. The number of allylic oxidation sites excluding steroid dienone is 2. The molecule has 104 valence electrons. The van der Waals surface area contributed by atoms with Gasteiger partial charge in [-0.25, -0.2) is 0 Å². The van der Waals surface area contributed by atoms with Gasteiger partial charge in [0, 0.05) is 5.33 Å². The molecule has 0 amide bonds. The third-order valence-corrected chi connectivity index (χ3v) is 4.65. The van der Waals surface area contributed by atoms with E-state index in [0.29, 0.717) is 12.2 Å².